The lowest BCUT2D eigenvalue weighted by atomic mass is 10.0. The lowest BCUT2D eigenvalue weighted by molar-refractivity contribution is -0.138. The monoisotopic (exact) mass is 244 g/mol. The van der Waals surface area contributed by atoms with Gasteiger partial charge < -0.3 is 15.4 Å². The van der Waals surface area contributed by atoms with E-state index in [1.165, 1.54) is 10.9 Å². The molecule has 4 nitrogen and oxygen atoms in total. The van der Waals surface area contributed by atoms with Crippen LogP contribution in [0, 0.1) is 11.8 Å². The van der Waals surface area contributed by atoms with Gasteiger partial charge in [0, 0.05) is 23.1 Å². The van der Waals surface area contributed by atoms with Crippen molar-refractivity contribution in [2.45, 2.75) is 12.5 Å². The van der Waals surface area contributed by atoms with Crippen molar-refractivity contribution in [2.75, 3.05) is 7.05 Å². The third-order valence-electron chi connectivity index (χ3n) is 3.85. The van der Waals surface area contributed by atoms with Gasteiger partial charge in [-0.2, -0.15) is 0 Å². The zero-order chi connectivity index (χ0) is 12.7. The summed E-state index contributed by atoms with van der Waals surface area (Å²) in [6.07, 6.45) is 2.75. The molecule has 0 saturated heterocycles. The highest BCUT2D eigenvalue weighted by Gasteiger charge is 2.48. The molecule has 0 aliphatic heterocycles. The van der Waals surface area contributed by atoms with Gasteiger partial charge >= 0.3 is 5.97 Å². The Morgan fingerprint density at radius 3 is 2.94 bits per heavy atom. The average Bonchev–Trinajstić information content (AvgIpc) is 3.05. The third kappa shape index (κ3) is 1.69. The predicted molar refractivity (Wildman–Crippen MR) is 69.3 cm³/mol. The summed E-state index contributed by atoms with van der Waals surface area (Å²) in [6.45, 7) is 0. The van der Waals surface area contributed by atoms with Crippen molar-refractivity contribution in [1.82, 2.24) is 10.3 Å². The molecule has 0 spiro atoms. The standard InChI is InChI=1S/C14H16N2O2/c1-15-13(9-6-10(9)14(17)18)11-7-16-12-5-3-2-4-8(11)12/h2-5,7,9-10,13,15-16H,6H2,1H3,(H,17,18). The van der Waals surface area contributed by atoms with E-state index >= 15 is 0 Å². The first kappa shape index (κ1) is 11.3. The molecular weight excluding hydrogens is 228 g/mol. The first-order valence-electron chi connectivity index (χ1n) is 6.18. The Morgan fingerprint density at radius 1 is 1.50 bits per heavy atom. The van der Waals surface area contributed by atoms with Crippen LogP contribution in [0.2, 0.25) is 0 Å². The van der Waals surface area contributed by atoms with Crippen LogP contribution in [0.15, 0.2) is 30.5 Å². The van der Waals surface area contributed by atoms with E-state index in [1.807, 2.05) is 31.4 Å². The normalized spacial score (nSPS) is 24.1. The highest BCUT2D eigenvalue weighted by atomic mass is 16.4. The van der Waals surface area contributed by atoms with Crippen molar-refractivity contribution in [3.63, 3.8) is 0 Å². The Labute approximate surface area is 105 Å². The number of carboxylic acids is 1. The van der Waals surface area contributed by atoms with Crippen LogP contribution in [0.5, 0.6) is 0 Å². The molecule has 1 aliphatic carbocycles. The Hall–Kier alpha value is -1.81. The van der Waals surface area contributed by atoms with Gasteiger partial charge in [-0.3, -0.25) is 4.79 Å². The van der Waals surface area contributed by atoms with E-state index in [-0.39, 0.29) is 17.9 Å². The van der Waals surface area contributed by atoms with Gasteiger partial charge in [0.1, 0.15) is 0 Å². The summed E-state index contributed by atoms with van der Waals surface area (Å²) in [5.74, 6) is -0.678. The minimum atomic E-state index is -0.680. The Morgan fingerprint density at radius 2 is 2.28 bits per heavy atom. The van der Waals surface area contributed by atoms with Crippen LogP contribution in [0.1, 0.15) is 18.0 Å². The first-order chi connectivity index (χ1) is 8.72. The number of rotatable bonds is 4. The Kier molecular flexibility index (Phi) is 2.59. The van der Waals surface area contributed by atoms with Crippen LogP contribution in [0.4, 0.5) is 0 Å². The summed E-state index contributed by atoms with van der Waals surface area (Å²) in [5, 5.41) is 13.5. The number of fused-ring (bicyclic) bond motifs is 1. The molecule has 3 atom stereocenters. The van der Waals surface area contributed by atoms with E-state index in [1.54, 1.807) is 0 Å². The molecular formula is C14H16N2O2. The van der Waals surface area contributed by atoms with Crippen LogP contribution in [0.3, 0.4) is 0 Å². The van der Waals surface area contributed by atoms with E-state index in [0.29, 0.717) is 0 Å². The van der Waals surface area contributed by atoms with Crippen molar-refractivity contribution in [1.29, 1.82) is 0 Å². The van der Waals surface area contributed by atoms with E-state index in [2.05, 4.69) is 16.4 Å². The van der Waals surface area contributed by atoms with E-state index in [0.717, 1.165) is 11.9 Å². The van der Waals surface area contributed by atoms with Crippen LogP contribution in [-0.2, 0) is 4.79 Å². The van der Waals surface area contributed by atoms with E-state index < -0.39 is 5.97 Å². The summed E-state index contributed by atoms with van der Waals surface area (Å²) < 4.78 is 0. The van der Waals surface area contributed by atoms with Crippen molar-refractivity contribution in [3.05, 3.63) is 36.0 Å². The molecule has 1 fully saturated rings. The molecule has 0 bridgehead atoms. The quantitative estimate of drug-likeness (QED) is 0.772. The zero-order valence-corrected chi connectivity index (χ0v) is 10.2. The molecule has 3 unspecified atom stereocenters. The summed E-state index contributed by atoms with van der Waals surface area (Å²) in [5.41, 5.74) is 2.27. The number of H-pyrrole nitrogens is 1. The number of aromatic nitrogens is 1. The second kappa shape index (κ2) is 4.14. The van der Waals surface area contributed by atoms with Crippen LogP contribution in [-0.4, -0.2) is 23.1 Å². The number of carboxylic acid groups (broad SMARTS) is 1. The molecule has 3 N–H and O–H groups in total. The maximum atomic E-state index is 11.0. The fourth-order valence-corrected chi connectivity index (χ4v) is 2.82. The van der Waals surface area contributed by atoms with Crippen LogP contribution < -0.4 is 5.32 Å². The van der Waals surface area contributed by atoms with Gasteiger partial charge in [0.05, 0.1) is 5.92 Å². The molecule has 1 aromatic carbocycles. The number of nitrogens with one attached hydrogen (secondary N) is 2. The molecule has 1 saturated carbocycles. The number of aliphatic carboxylic acids is 1. The van der Waals surface area contributed by atoms with Gasteiger partial charge in [-0.25, -0.2) is 0 Å². The molecule has 2 aromatic rings. The zero-order valence-electron chi connectivity index (χ0n) is 10.2. The maximum Gasteiger partial charge on any atom is 0.306 e. The lowest BCUT2D eigenvalue weighted by Crippen LogP contribution is -2.20. The van der Waals surface area contributed by atoms with E-state index in [9.17, 15) is 4.79 Å². The van der Waals surface area contributed by atoms with Gasteiger partial charge in [-0.1, -0.05) is 18.2 Å². The SMILES string of the molecule is CNC(c1c[nH]c2ccccc12)C1CC1C(=O)O. The van der Waals surface area contributed by atoms with Gasteiger partial charge in [0.15, 0.2) is 0 Å². The summed E-state index contributed by atoms with van der Waals surface area (Å²) >= 11 is 0. The number of carbonyl (C=O) groups is 1. The number of hydrogen-bond acceptors (Lipinski definition) is 2. The largest absolute Gasteiger partial charge is 0.481 e. The summed E-state index contributed by atoms with van der Waals surface area (Å²) in [4.78, 5) is 14.2. The Balaban J connectivity index is 1.95. The second-order valence-electron chi connectivity index (χ2n) is 4.90. The van der Waals surface area contributed by atoms with Crippen molar-refractivity contribution < 1.29 is 9.90 Å². The average molecular weight is 244 g/mol. The predicted octanol–water partition coefficient (Wildman–Crippen LogP) is 2.15. The topological polar surface area (TPSA) is 65.1 Å². The fourth-order valence-electron chi connectivity index (χ4n) is 2.82. The molecule has 94 valence electrons. The smallest absolute Gasteiger partial charge is 0.306 e. The second-order valence-corrected chi connectivity index (χ2v) is 4.90. The van der Waals surface area contributed by atoms with Crippen LogP contribution >= 0.6 is 0 Å². The number of benzene rings is 1. The van der Waals surface area contributed by atoms with Gasteiger partial charge in [-0.15, -0.1) is 0 Å². The lowest BCUT2D eigenvalue weighted by Gasteiger charge is -2.15. The number of hydrogen-bond donors (Lipinski definition) is 3. The maximum absolute atomic E-state index is 11.0. The number of aromatic amines is 1. The van der Waals surface area contributed by atoms with Crippen molar-refractivity contribution in [3.8, 4) is 0 Å². The van der Waals surface area contributed by atoms with Crippen molar-refractivity contribution >= 4 is 16.9 Å². The Bertz CT molecular complexity index is 590. The molecule has 1 aromatic heterocycles. The first-order valence-corrected chi connectivity index (χ1v) is 6.18. The van der Waals surface area contributed by atoms with Gasteiger partial charge in [-0.05, 0) is 31.0 Å². The number of para-hydroxylation sites is 1. The molecule has 0 amide bonds. The van der Waals surface area contributed by atoms with Crippen molar-refractivity contribution in [2.24, 2.45) is 11.8 Å². The van der Waals surface area contributed by atoms with Crippen LogP contribution in [0.25, 0.3) is 10.9 Å². The highest BCUT2D eigenvalue weighted by Crippen LogP contribution is 2.48. The van der Waals surface area contributed by atoms with E-state index in [4.69, 9.17) is 5.11 Å². The molecule has 1 heterocycles. The molecule has 4 heteroatoms. The molecule has 1 aliphatic rings. The summed E-state index contributed by atoms with van der Waals surface area (Å²) in [6, 6.07) is 8.22. The molecule has 0 radical (unpaired) electrons. The third-order valence-corrected chi connectivity index (χ3v) is 3.85. The minimum Gasteiger partial charge on any atom is -0.481 e. The molecule has 18 heavy (non-hydrogen) atoms. The fraction of sp³-hybridized carbons (Fsp3) is 0.357. The molecule has 3 rings (SSSR count). The highest BCUT2D eigenvalue weighted by molar-refractivity contribution is 5.84. The van der Waals surface area contributed by atoms with Gasteiger partial charge in [0.2, 0.25) is 0 Å². The van der Waals surface area contributed by atoms with Gasteiger partial charge in [0.25, 0.3) is 0 Å². The summed E-state index contributed by atoms with van der Waals surface area (Å²) in [7, 11) is 1.89. The minimum absolute atomic E-state index is 0.113.